The number of fused-ring (bicyclic) bond motifs is 2. The minimum absolute atomic E-state index is 0.165. The monoisotopic (exact) mass is 532 g/mol. The van der Waals surface area contributed by atoms with Crippen molar-refractivity contribution in [1.82, 2.24) is 14.9 Å². The van der Waals surface area contributed by atoms with E-state index in [0.29, 0.717) is 33.6 Å². The predicted octanol–water partition coefficient (Wildman–Crippen LogP) is 5.35. The number of carbonyl (C=O) groups excluding carboxylic acids is 1. The Morgan fingerprint density at radius 1 is 1.17 bits per heavy atom. The number of likely N-dealkylation sites (N-methyl/N-ethyl adjacent to an activating group) is 1. The van der Waals surface area contributed by atoms with Gasteiger partial charge < -0.3 is 19.3 Å². The van der Waals surface area contributed by atoms with Gasteiger partial charge in [-0.1, -0.05) is 50.2 Å². The Hall–Kier alpha value is -2.19. The number of amides is 1. The maximum absolute atomic E-state index is 13.2. The smallest absolute Gasteiger partial charge is 0.233 e. The van der Waals surface area contributed by atoms with E-state index < -0.39 is 0 Å². The normalized spacial score (nSPS) is 22.4. The molecule has 4 rings (SSSR count). The van der Waals surface area contributed by atoms with Gasteiger partial charge in [0.1, 0.15) is 11.0 Å². The van der Waals surface area contributed by atoms with Crippen LogP contribution in [0, 0.1) is 10.8 Å². The minimum Gasteiger partial charge on any atom is -0.493 e. The third-order valence-corrected chi connectivity index (χ3v) is 8.32. The van der Waals surface area contributed by atoms with E-state index in [1.165, 1.54) is 18.2 Å². The number of benzene rings is 1. The molecular weight excluding hydrogens is 496 g/mol. The summed E-state index contributed by atoms with van der Waals surface area (Å²) >= 11 is 7.70. The van der Waals surface area contributed by atoms with E-state index in [1.807, 2.05) is 30.1 Å². The molecule has 1 aliphatic heterocycles. The molecule has 1 aromatic heterocycles. The van der Waals surface area contributed by atoms with Crippen molar-refractivity contribution in [1.29, 1.82) is 0 Å². The van der Waals surface area contributed by atoms with Crippen LogP contribution in [-0.4, -0.2) is 66.9 Å². The highest BCUT2D eigenvalue weighted by molar-refractivity contribution is 7.99. The van der Waals surface area contributed by atoms with Crippen molar-refractivity contribution >= 4 is 35.1 Å². The summed E-state index contributed by atoms with van der Waals surface area (Å²) in [5, 5.41) is 0.900. The summed E-state index contributed by atoms with van der Waals surface area (Å²) < 4.78 is 10.7. The Morgan fingerprint density at radius 2 is 1.92 bits per heavy atom. The van der Waals surface area contributed by atoms with Gasteiger partial charge in [-0.15, -0.1) is 0 Å². The van der Waals surface area contributed by atoms with Crippen LogP contribution >= 0.6 is 23.4 Å². The summed E-state index contributed by atoms with van der Waals surface area (Å²) in [6, 6.07) is 8.03. The van der Waals surface area contributed by atoms with E-state index in [4.69, 9.17) is 21.1 Å². The lowest BCUT2D eigenvalue weighted by atomic mass is 9.65. The van der Waals surface area contributed by atoms with Gasteiger partial charge in [-0.3, -0.25) is 4.79 Å². The van der Waals surface area contributed by atoms with E-state index in [-0.39, 0.29) is 16.7 Å². The van der Waals surface area contributed by atoms with E-state index in [1.54, 1.807) is 20.3 Å². The van der Waals surface area contributed by atoms with Crippen molar-refractivity contribution < 1.29 is 14.3 Å². The number of carbonyl (C=O) groups is 1. The van der Waals surface area contributed by atoms with Crippen LogP contribution in [0.1, 0.15) is 45.6 Å². The van der Waals surface area contributed by atoms with E-state index in [0.717, 1.165) is 43.7 Å². The molecule has 1 saturated carbocycles. The number of anilines is 1. The lowest BCUT2D eigenvalue weighted by Crippen LogP contribution is -2.38. The average molecular weight is 533 g/mol. The van der Waals surface area contributed by atoms with Gasteiger partial charge in [-0.2, -0.15) is 0 Å². The van der Waals surface area contributed by atoms with Crippen molar-refractivity contribution in [3.8, 4) is 11.5 Å². The third-order valence-electron chi connectivity index (χ3n) is 7.30. The second-order valence-corrected chi connectivity index (χ2v) is 12.5. The molecule has 36 heavy (non-hydrogen) atoms. The van der Waals surface area contributed by atoms with Crippen LogP contribution in [0.25, 0.3) is 0 Å². The van der Waals surface area contributed by atoms with Gasteiger partial charge in [0.15, 0.2) is 16.7 Å². The van der Waals surface area contributed by atoms with Crippen LogP contribution in [-0.2, 0) is 11.2 Å². The Kier molecular flexibility index (Phi) is 7.95. The molecule has 2 atom stereocenters. The highest BCUT2D eigenvalue weighted by Gasteiger charge is 2.50. The number of ether oxygens (including phenoxy) is 2. The summed E-state index contributed by atoms with van der Waals surface area (Å²) in [7, 11) is 5.24. The predicted molar refractivity (Wildman–Crippen MR) is 146 cm³/mol. The number of thioether (sulfide) groups is 1. The summed E-state index contributed by atoms with van der Waals surface area (Å²) in [5.41, 5.74) is 1.64. The van der Waals surface area contributed by atoms with E-state index in [9.17, 15) is 4.79 Å². The quantitative estimate of drug-likeness (QED) is 0.245. The second kappa shape index (κ2) is 10.7. The zero-order valence-corrected chi connectivity index (χ0v) is 23.7. The highest BCUT2D eigenvalue weighted by Crippen LogP contribution is 2.52. The summed E-state index contributed by atoms with van der Waals surface area (Å²) in [5.74, 6) is 2.64. The number of aromatic nitrogens is 2. The fourth-order valence-corrected chi connectivity index (χ4v) is 7.02. The van der Waals surface area contributed by atoms with E-state index in [2.05, 4.69) is 35.6 Å². The molecule has 1 aliphatic carbocycles. The van der Waals surface area contributed by atoms with Crippen molar-refractivity contribution in [3.63, 3.8) is 0 Å². The average Bonchev–Trinajstić information content (AvgIpc) is 3.08. The molecule has 196 valence electrons. The maximum atomic E-state index is 13.2. The molecule has 0 N–H and O–H groups in total. The largest absolute Gasteiger partial charge is 0.493 e. The summed E-state index contributed by atoms with van der Waals surface area (Å²) in [6.07, 6.45) is 4.14. The maximum Gasteiger partial charge on any atom is 0.233 e. The van der Waals surface area contributed by atoms with Gasteiger partial charge in [-0.05, 0) is 54.2 Å². The Bertz CT molecular complexity index is 1110. The standard InChI is InChI=1S/C27H37ClN4O3S/c1-26(2)13-19-14-27(3,16-26)17-32(19)24(33)15-36-25-29-22(28)12-23(30-25)31(4)10-9-18-7-8-20(34-5)21(11-18)35-6/h7-8,11-12,19H,9-10,13-17H2,1-6H3. The summed E-state index contributed by atoms with van der Waals surface area (Å²) in [6.45, 7) is 8.55. The first kappa shape index (κ1) is 26.9. The number of rotatable bonds is 9. The first-order valence-electron chi connectivity index (χ1n) is 12.4. The number of hydrogen-bond acceptors (Lipinski definition) is 7. The van der Waals surface area contributed by atoms with Crippen LogP contribution in [0.2, 0.25) is 5.15 Å². The molecule has 1 saturated heterocycles. The third kappa shape index (κ3) is 6.20. The first-order chi connectivity index (χ1) is 17.0. The van der Waals surface area contributed by atoms with Crippen LogP contribution in [0.4, 0.5) is 5.82 Å². The topological polar surface area (TPSA) is 67.8 Å². The zero-order valence-electron chi connectivity index (χ0n) is 22.1. The molecule has 9 heteroatoms. The van der Waals surface area contributed by atoms with E-state index >= 15 is 0 Å². The first-order valence-corrected chi connectivity index (χ1v) is 13.8. The molecular formula is C27H37ClN4O3S. The molecule has 2 bridgehead atoms. The zero-order chi connectivity index (χ0) is 26.1. The number of hydrogen-bond donors (Lipinski definition) is 0. The molecule has 0 radical (unpaired) electrons. The van der Waals surface area contributed by atoms with Gasteiger partial charge in [0.25, 0.3) is 0 Å². The molecule has 2 heterocycles. The second-order valence-electron chi connectivity index (χ2n) is 11.2. The summed E-state index contributed by atoms with van der Waals surface area (Å²) in [4.78, 5) is 26.4. The van der Waals surface area contributed by atoms with Gasteiger partial charge in [0.05, 0.1) is 20.0 Å². The number of nitrogens with zero attached hydrogens (tertiary/aromatic N) is 4. The molecule has 2 aliphatic rings. The Labute approximate surface area is 223 Å². The lowest BCUT2D eigenvalue weighted by Gasteiger charge is -2.39. The van der Waals surface area contributed by atoms with Gasteiger partial charge in [0.2, 0.25) is 5.91 Å². The molecule has 2 unspecified atom stereocenters. The van der Waals surface area contributed by atoms with Gasteiger partial charge in [-0.25, -0.2) is 9.97 Å². The lowest BCUT2D eigenvalue weighted by molar-refractivity contribution is -0.129. The van der Waals surface area contributed by atoms with Crippen LogP contribution in [0.5, 0.6) is 11.5 Å². The van der Waals surface area contributed by atoms with Crippen molar-refractivity contribution in [2.24, 2.45) is 10.8 Å². The minimum atomic E-state index is 0.165. The molecule has 7 nitrogen and oxygen atoms in total. The SMILES string of the molecule is COc1ccc(CCN(C)c2cc(Cl)nc(SCC(=O)N3CC4(C)CC3CC(C)(C)C4)n2)cc1OC. The number of halogens is 1. The van der Waals surface area contributed by atoms with Crippen LogP contribution < -0.4 is 14.4 Å². The number of methoxy groups -OCH3 is 2. The molecule has 0 spiro atoms. The molecule has 2 fully saturated rings. The van der Waals surface area contributed by atoms with Crippen LogP contribution in [0.15, 0.2) is 29.4 Å². The fraction of sp³-hybridized carbons (Fsp3) is 0.593. The molecule has 1 amide bonds. The molecule has 1 aromatic carbocycles. The van der Waals surface area contributed by atoms with Crippen molar-refractivity contribution in [3.05, 3.63) is 35.0 Å². The number of likely N-dealkylation sites (tertiary alicyclic amines) is 1. The Morgan fingerprint density at radius 3 is 2.64 bits per heavy atom. The van der Waals surface area contributed by atoms with Gasteiger partial charge in [0, 0.05) is 32.2 Å². The fourth-order valence-electron chi connectivity index (χ4n) is 6.05. The van der Waals surface area contributed by atoms with Crippen LogP contribution in [0.3, 0.4) is 0 Å². The van der Waals surface area contributed by atoms with Gasteiger partial charge >= 0.3 is 0 Å². The molecule has 2 aromatic rings. The van der Waals surface area contributed by atoms with Crippen molar-refractivity contribution in [2.75, 3.05) is 45.0 Å². The van der Waals surface area contributed by atoms with Crippen molar-refractivity contribution in [2.45, 2.75) is 57.7 Å². The Balaban J connectivity index is 1.36. The highest BCUT2D eigenvalue weighted by atomic mass is 35.5.